The average molecular weight is 208 g/mol. The topological polar surface area (TPSA) is 74.7 Å². The van der Waals surface area contributed by atoms with Crippen LogP contribution in [0.25, 0.3) is 5.65 Å². The van der Waals surface area contributed by atoms with Gasteiger partial charge in [0.25, 0.3) is 5.88 Å². The van der Waals surface area contributed by atoms with E-state index in [1.165, 1.54) is 11.6 Å². The second-order valence-corrected chi connectivity index (χ2v) is 3.10. The predicted molar refractivity (Wildman–Crippen MR) is 55.2 cm³/mol. The number of nitrogens with two attached hydrogens (primary N) is 1. The van der Waals surface area contributed by atoms with Gasteiger partial charge in [-0.1, -0.05) is 0 Å². The zero-order chi connectivity index (χ0) is 11.0. The van der Waals surface area contributed by atoms with Gasteiger partial charge in [-0.25, -0.2) is 4.98 Å². The van der Waals surface area contributed by atoms with Gasteiger partial charge in [0.1, 0.15) is 5.69 Å². The van der Waals surface area contributed by atoms with E-state index in [0.29, 0.717) is 23.1 Å². The maximum absolute atomic E-state index is 5.82. The predicted octanol–water partition coefficient (Wildman–Crippen LogP) is 0.637. The van der Waals surface area contributed by atoms with E-state index in [9.17, 15) is 0 Å². The van der Waals surface area contributed by atoms with Crippen LogP contribution in [0.4, 0.5) is 5.69 Å². The van der Waals surface area contributed by atoms with Gasteiger partial charge in [0.2, 0.25) is 5.88 Å². The molecule has 0 bridgehead atoms. The molecule has 0 aliphatic heterocycles. The van der Waals surface area contributed by atoms with Crippen LogP contribution in [0.5, 0.6) is 11.8 Å². The van der Waals surface area contributed by atoms with Crippen molar-refractivity contribution in [2.24, 2.45) is 0 Å². The van der Waals surface area contributed by atoms with Crippen molar-refractivity contribution in [1.29, 1.82) is 0 Å². The summed E-state index contributed by atoms with van der Waals surface area (Å²) in [5.41, 5.74) is 7.59. The summed E-state index contributed by atoms with van der Waals surface area (Å²) in [6.45, 7) is 1.86. The molecule has 2 N–H and O–H groups in total. The number of methoxy groups -OCH3 is 2. The van der Waals surface area contributed by atoms with Gasteiger partial charge in [-0.3, -0.25) is 0 Å². The number of fused-ring (bicyclic) bond motifs is 1. The van der Waals surface area contributed by atoms with Crippen LogP contribution in [0.2, 0.25) is 0 Å². The second-order valence-electron chi connectivity index (χ2n) is 3.10. The largest absolute Gasteiger partial charge is 0.481 e. The molecular weight excluding hydrogens is 196 g/mol. The summed E-state index contributed by atoms with van der Waals surface area (Å²) in [6, 6.07) is 1.78. The van der Waals surface area contributed by atoms with E-state index in [2.05, 4.69) is 10.1 Å². The first kappa shape index (κ1) is 9.57. The van der Waals surface area contributed by atoms with Crippen molar-refractivity contribution in [3.8, 4) is 11.8 Å². The number of hydrogen-bond donors (Lipinski definition) is 1. The van der Waals surface area contributed by atoms with Gasteiger partial charge in [0.05, 0.1) is 14.2 Å². The quantitative estimate of drug-likeness (QED) is 0.783. The van der Waals surface area contributed by atoms with E-state index < -0.39 is 0 Å². The molecular formula is C9H12N4O2. The molecule has 15 heavy (non-hydrogen) atoms. The Hall–Kier alpha value is -1.98. The Labute approximate surface area is 86.6 Å². The van der Waals surface area contributed by atoms with Crippen molar-refractivity contribution in [2.45, 2.75) is 6.92 Å². The maximum Gasteiger partial charge on any atom is 0.259 e. The first-order chi connectivity index (χ1) is 7.17. The molecule has 0 amide bonds. The second kappa shape index (κ2) is 3.30. The molecule has 0 aliphatic carbocycles. The van der Waals surface area contributed by atoms with Gasteiger partial charge in [-0.2, -0.15) is 4.52 Å². The normalized spacial score (nSPS) is 10.6. The summed E-state index contributed by atoms with van der Waals surface area (Å²) in [7, 11) is 3.08. The third kappa shape index (κ3) is 1.34. The Morgan fingerprint density at radius 2 is 2.07 bits per heavy atom. The van der Waals surface area contributed by atoms with Crippen LogP contribution in [0.1, 0.15) is 5.69 Å². The molecule has 80 valence electrons. The summed E-state index contributed by atoms with van der Waals surface area (Å²) >= 11 is 0. The molecule has 6 heteroatoms. The summed E-state index contributed by atoms with van der Waals surface area (Å²) < 4.78 is 11.7. The minimum absolute atomic E-state index is 0.353. The zero-order valence-electron chi connectivity index (χ0n) is 8.81. The average Bonchev–Trinajstić information content (AvgIpc) is 2.55. The Balaban J connectivity index is 2.81. The van der Waals surface area contributed by atoms with Crippen LogP contribution in [0.3, 0.4) is 0 Å². The van der Waals surface area contributed by atoms with Crippen LogP contribution < -0.4 is 15.2 Å². The fourth-order valence-electron chi connectivity index (χ4n) is 1.40. The number of hydrogen-bond acceptors (Lipinski definition) is 5. The third-order valence-corrected chi connectivity index (χ3v) is 2.09. The molecule has 0 saturated heterocycles. The molecule has 2 heterocycles. The zero-order valence-corrected chi connectivity index (χ0v) is 8.81. The van der Waals surface area contributed by atoms with E-state index in [1.54, 1.807) is 13.2 Å². The van der Waals surface area contributed by atoms with E-state index in [1.807, 2.05) is 6.92 Å². The number of anilines is 1. The van der Waals surface area contributed by atoms with Crippen LogP contribution in [-0.2, 0) is 0 Å². The summed E-state index contributed by atoms with van der Waals surface area (Å²) in [5.74, 6) is 0.930. The molecule has 0 aliphatic rings. The lowest BCUT2D eigenvalue weighted by atomic mass is 10.4. The molecule has 2 aromatic heterocycles. The minimum atomic E-state index is 0.353. The van der Waals surface area contributed by atoms with Gasteiger partial charge in [0.15, 0.2) is 5.65 Å². The highest BCUT2D eigenvalue weighted by Crippen LogP contribution is 2.26. The molecule has 0 aromatic carbocycles. The fraction of sp³-hybridized carbons (Fsp3) is 0.333. The van der Waals surface area contributed by atoms with Crippen LogP contribution in [-0.4, -0.2) is 28.8 Å². The standard InChI is InChI=1S/C9H12N4O2/c1-5-4-6(14-2)13-8(11-5)7(10)9(12-13)15-3/h4H,10H2,1-3H3. The molecule has 6 nitrogen and oxygen atoms in total. The highest BCUT2D eigenvalue weighted by molar-refractivity contribution is 5.71. The van der Waals surface area contributed by atoms with Gasteiger partial charge >= 0.3 is 0 Å². The Morgan fingerprint density at radius 1 is 1.33 bits per heavy atom. The lowest BCUT2D eigenvalue weighted by Gasteiger charge is -2.03. The molecule has 0 saturated carbocycles. The lowest BCUT2D eigenvalue weighted by molar-refractivity contribution is 0.371. The number of aryl methyl sites for hydroxylation is 1. The van der Waals surface area contributed by atoms with Gasteiger partial charge in [-0.15, -0.1) is 5.10 Å². The summed E-state index contributed by atoms with van der Waals surface area (Å²) in [4.78, 5) is 4.27. The number of rotatable bonds is 2. The molecule has 2 rings (SSSR count). The van der Waals surface area contributed by atoms with Crippen molar-refractivity contribution >= 4 is 11.3 Å². The molecule has 0 atom stereocenters. The molecule has 0 unspecified atom stereocenters. The van der Waals surface area contributed by atoms with E-state index in [0.717, 1.165) is 5.69 Å². The summed E-state index contributed by atoms with van der Waals surface area (Å²) in [5, 5.41) is 4.12. The highest BCUT2D eigenvalue weighted by atomic mass is 16.5. The molecule has 0 radical (unpaired) electrons. The third-order valence-electron chi connectivity index (χ3n) is 2.09. The smallest absolute Gasteiger partial charge is 0.259 e. The van der Waals surface area contributed by atoms with Gasteiger partial charge in [-0.05, 0) is 6.92 Å². The van der Waals surface area contributed by atoms with Crippen molar-refractivity contribution in [1.82, 2.24) is 14.6 Å². The lowest BCUT2D eigenvalue weighted by Crippen LogP contribution is -1.99. The van der Waals surface area contributed by atoms with Crippen LogP contribution in [0, 0.1) is 6.92 Å². The number of nitrogen functional groups attached to an aromatic ring is 1. The van der Waals surface area contributed by atoms with Crippen molar-refractivity contribution in [2.75, 3.05) is 20.0 Å². The number of aromatic nitrogens is 3. The minimum Gasteiger partial charge on any atom is -0.481 e. The Bertz CT molecular complexity index is 506. The molecule has 2 aromatic rings. The Kier molecular flexibility index (Phi) is 2.11. The van der Waals surface area contributed by atoms with Gasteiger partial charge < -0.3 is 15.2 Å². The molecule has 0 fully saturated rings. The van der Waals surface area contributed by atoms with E-state index in [-0.39, 0.29) is 0 Å². The first-order valence-corrected chi connectivity index (χ1v) is 4.41. The SMILES string of the molecule is COc1nn2c(OC)cc(C)nc2c1N. The van der Waals surface area contributed by atoms with Gasteiger partial charge in [0, 0.05) is 11.8 Å². The fourth-order valence-corrected chi connectivity index (χ4v) is 1.40. The first-order valence-electron chi connectivity index (χ1n) is 4.41. The molecule has 0 spiro atoms. The van der Waals surface area contributed by atoms with E-state index >= 15 is 0 Å². The monoisotopic (exact) mass is 208 g/mol. The number of ether oxygens (including phenoxy) is 2. The Morgan fingerprint density at radius 3 is 2.67 bits per heavy atom. The van der Waals surface area contributed by atoms with Crippen molar-refractivity contribution in [3.05, 3.63) is 11.8 Å². The maximum atomic E-state index is 5.82. The van der Waals surface area contributed by atoms with Crippen LogP contribution in [0.15, 0.2) is 6.07 Å². The number of nitrogens with zero attached hydrogens (tertiary/aromatic N) is 3. The highest BCUT2D eigenvalue weighted by Gasteiger charge is 2.14. The summed E-state index contributed by atoms with van der Waals surface area (Å²) in [6.07, 6.45) is 0. The van der Waals surface area contributed by atoms with Crippen LogP contribution >= 0.6 is 0 Å². The van der Waals surface area contributed by atoms with E-state index in [4.69, 9.17) is 15.2 Å². The van der Waals surface area contributed by atoms with Crippen molar-refractivity contribution in [3.63, 3.8) is 0 Å². The van der Waals surface area contributed by atoms with Crippen molar-refractivity contribution < 1.29 is 9.47 Å².